The fourth-order valence-corrected chi connectivity index (χ4v) is 2.59. The topological polar surface area (TPSA) is 41.1 Å². The van der Waals surface area contributed by atoms with Gasteiger partial charge in [-0.25, -0.2) is 4.39 Å². The zero-order valence-corrected chi connectivity index (χ0v) is 14.3. The Morgan fingerprint density at radius 1 is 1.00 bits per heavy atom. The number of rotatable bonds is 9. The Hall–Kier alpha value is -1.91. The van der Waals surface area contributed by atoms with Crippen LogP contribution in [0.15, 0.2) is 48.5 Å². The maximum Gasteiger partial charge on any atom is 0.221 e. The van der Waals surface area contributed by atoms with E-state index in [0.717, 1.165) is 12.0 Å². The molecule has 0 radical (unpaired) electrons. The van der Waals surface area contributed by atoms with Crippen molar-refractivity contribution in [3.8, 4) is 0 Å². The minimum atomic E-state index is -0.182. The van der Waals surface area contributed by atoms with E-state index in [2.05, 4.69) is 10.6 Å². The lowest BCUT2D eigenvalue weighted by atomic mass is 10.1. The molecule has 128 valence electrons. The van der Waals surface area contributed by atoms with E-state index in [9.17, 15) is 9.18 Å². The lowest BCUT2D eigenvalue weighted by Crippen LogP contribution is -2.29. The van der Waals surface area contributed by atoms with Gasteiger partial charge in [0, 0.05) is 24.5 Å². The Bertz CT molecular complexity index is 663. The molecular weight excluding hydrogens is 327 g/mol. The van der Waals surface area contributed by atoms with Crippen molar-refractivity contribution in [3.05, 3.63) is 70.5 Å². The van der Waals surface area contributed by atoms with Gasteiger partial charge in [-0.05, 0) is 48.7 Å². The molecule has 0 bridgehead atoms. The molecule has 0 saturated heterocycles. The van der Waals surface area contributed by atoms with Gasteiger partial charge in [0.1, 0.15) is 5.82 Å². The van der Waals surface area contributed by atoms with E-state index in [1.54, 1.807) is 12.1 Å². The summed E-state index contributed by atoms with van der Waals surface area (Å²) in [6.45, 7) is 1.82. The van der Waals surface area contributed by atoms with Crippen molar-refractivity contribution < 1.29 is 9.18 Å². The fraction of sp³-hybridized carbons (Fsp3) is 0.316. The first-order valence-electron chi connectivity index (χ1n) is 8.10. The summed E-state index contributed by atoms with van der Waals surface area (Å²) in [5.41, 5.74) is 1.79. The second-order valence-electron chi connectivity index (χ2n) is 5.57. The Morgan fingerprint density at radius 3 is 2.62 bits per heavy atom. The summed E-state index contributed by atoms with van der Waals surface area (Å²) in [7, 11) is 0. The quantitative estimate of drug-likeness (QED) is 0.682. The molecule has 0 aliphatic heterocycles. The molecule has 0 unspecified atom stereocenters. The van der Waals surface area contributed by atoms with Crippen LogP contribution in [0, 0.1) is 5.82 Å². The Morgan fingerprint density at radius 2 is 1.83 bits per heavy atom. The maximum absolute atomic E-state index is 13.4. The molecule has 1 amide bonds. The van der Waals surface area contributed by atoms with E-state index >= 15 is 0 Å². The fourth-order valence-electron chi connectivity index (χ4n) is 2.38. The van der Waals surface area contributed by atoms with Crippen LogP contribution in [0.2, 0.25) is 5.02 Å². The van der Waals surface area contributed by atoms with Gasteiger partial charge >= 0.3 is 0 Å². The van der Waals surface area contributed by atoms with Gasteiger partial charge in [0.05, 0.1) is 0 Å². The zero-order chi connectivity index (χ0) is 17.2. The van der Waals surface area contributed by atoms with Gasteiger partial charge in [0.25, 0.3) is 0 Å². The van der Waals surface area contributed by atoms with Crippen LogP contribution in [0.4, 0.5) is 4.39 Å². The zero-order valence-electron chi connectivity index (χ0n) is 13.5. The third-order valence-electron chi connectivity index (χ3n) is 3.68. The normalized spacial score (nSPS) is 10.6. The molecular formula is C19H22ClFN2O. The van der Waals surface area contributed by atoms with E-state index in [4.69, 9.17) is 11.6 Å². The molecule has 3 nitrogen and oxygen atoms in total. The van der Waals surface area contributed by atoms with Gasteiger partial charge in [0.2, 0.25) is 5.91 Å². The largest absolute Gasteiger partial charge is 0.356 e. The van der Waals surface area contributed by atoms with Gasteiger partial charge in [0.15, 0.2) is 0 Å². The predicted molar refractivity (Wildman–Crippen MR) is 95.8 cm³/mol. The van der Waals surface area contributed by atoms with Crippen molar-refractivity contribution >= 4 is 17.5 Å². The van der Waals surface area contributed by atoms with Crippen molar-refractivity contribution in [1.29, 1.82) is 0 Å². The highest BCUT2D eigenvalue weighted by atomic mass is 35.5. The van der Waals surface area contributed by atoms with Gasteiger partial charge < -0.3 is 10.6 Å². The smallest absolute Gasteiger partial charge is 0.221 e. The number of nitrogens with one attached hydrogen (secondary N) is 2. The summed E-state index contributed by atoms with van der Waals surface area (Å²) in [5.74, 6) is -0.173. The number of hydrogen-bond acceptors (Lipinski definition) is 2. The molecule has 0 atom stereocenters. The minimum Gasteiger partial charge on any atom is -0.356 e. The summed E-state index contributed by atoms with van der Waals surface area (Å²) < 4.78 is 13.4. The number of hydrogen-bond donors (Lipinski definition) is 2. The number of halogens is 2. The van der Waals surface area contributed by atoms with E-state index in [0.29, 0.717) is 43.1 Å². The third-order valence-corrected chi connectivity index (χ3v) is 3.92. The average molecular weight is 349 g/mol. The lowest BCUT2D eigenvalue weighted by molar-refractivity contribution is -0.120. The average Bonchev–Trinajstić information content (AvgIpc) is 2.56. The van der Waals surface area contributed by atoms with Crippen molar-refractivity contribution in [2.75, 3.05) is 19.6 Å². The summed E-state index contributed by atoms with van der Waals surface area (Å²) in [5, 5.41) is 6.76. The number of carbonyl (C=O) groups excluding carboxylic acids is 1. The third kappa shape index (κ3) is 6.69. The number of amides is 1. The molecule has 24 heavy (non-hydrogen) atoms. The molecule has 0 spiro atoms. The summed E-state index contributed by atoms with van der Waals surface area (Å²) in [4.78, 5) is 11.8. The Balaban J connectivity index is 1.54. The summed E-state index contributed by atoms with van der Waals surface area (Å²) >= 11 is 5.92. The molecule has 0 fully saturated rings. The van der Waals surface area contributed by atoms with Crippen LogP contribution < -0.4 is 10.6 Å². The SMILES string of the molecule is O=C(CCNCCc1ccccc1F)NCCc1cccc(Cl)c1. The Kier molecular flexibility index (Phi) is 7.72. The minimum absolute atomic E-state index is 0.00965. The van der Waals surface area contributed by atoms with Crippen LogP contribution in [-0.2, 0) is 17.6 Å². The van der Waals surface area contributed by atoms with Crippen LogP contribution in [0.5, 0.6) is 0 Å². The van der Waals surface area contributed by atoms with E-state index in [1.807, 2.05) is 30.3 Å². The number of carbonyl (C=O) groups is 1. The van der Waals surface area contributed by atoms with E-state index in [-0.39, 0.29) is 11.7 Å². The summed E-state index contributed by atoms with van der Waals surface area (Å²) in [6.07, 6.45) is 1.78. The van der Waals surface area contributed by atoms with Crippen molar-refractivity contribution in [2.24, 2.45) is 0 Å². The van der Waals surface area contributed by atoms with Crippen LogP contribution in [0.25, 0.3) is 0 Å². The molecule has 5 heteroatoms. The molecule has 0 heterocycles. The highest BCUT2D eigenvalue weighted by Gasteiger charge is 2.02. The molecule has 2 aromatic carbocycles. The molecule has 2 rings (SSSR count). The standard InChI is InChI=1S/C19H22ClFN2O/c20-17-6-3-4-15(14-17)8-13-23-19(24)10-12-22-11-9-16-5-1-2-7-18(16)21/h1-7,14,22H,8-13H2,(H,23,24). The van der Waals surface area contributed by atoms with Gasteiger partial charge in [-0.2, -0.15) is 0 Å². The van der Waals surface area contributed by atoms with Gasteiger partial charge in [-0.1, -0.05) is 41.9 Å². The van der Waals surface area contributed by atoms with Crippen LogP contribution in [0.3, 0.4) is 0 Å². The number of benzene rings is 2. The highest BCUT2D eigenvalue weighted by Crippen LogP contribution is 2.10. The first-order valence-corrected chi connectivity index (χ1v) is 8.48. The second-order valence-corrected chi connectivity index (χ2v) is 6.01. The van der Waals surface area contributed by atoms with Crippen molar-refractivity contribution in [2.45, 2.75) is 19.3 Å². The molecule has 0 aliphatic carbocycles. The molecule has 0 saturated carbocycles. The van der Waals surface area contributed by atoms with Crippen LogP contribution >= 0.6 is 11.6 Å². The van der Waals surface area contributed by atoms with E-state index in [1.165, 1.54) is 6.07 Å². The molecule has 2 N–H and O–H groups in total. The predicted octanol–water partition coefficient (Wildman–Crippen LogP) is 3.36. The highest BCUT2D eigenvalue weighted by molar-refractivity contribution is 6.30. The van der Waals surface area contributed by atoms with Crippen molar-refractivity contribution in [3.63, 3.8) is 0 Å². The van der Waals surface area contributed by atoms with E-state index < -0.39 is 0 Å². The van der Waals surface area contributed by atoms with Crippen LogP contribution in [-0.4, -0.2) is 25.5 Å². The first-order chi connectivity index (χ1) is 11.6. The van der Waals surface area contributed by atoms with Crippen LogP contribution in [0.1, 0.15) is 17.5 Å². The first kappa shape index (κ1) is 18.4. The molecule has 0 aliphatic rings. The second kappa shape index (κ2) is 10.1. The van der Waals surface area contributed by atoms with Gasteiger partial charge in [-0.3, -0.25) is 4.79 Å². The summed E-state index contributed by atoms with van der Waals surface area (Å²) in [6, 6.07) is 14.4. The lowest BCUT2D eigenvalue weighted by Gasteiger charge is -2.07. The van der Waals surface area contributed by atoms with Crippen molar-refractivity contribution in [1.82, 2.24) is 10.6 Å². The maximum atomic E-state index is 13.4. The Labute approximate surface area is 147 Å². The monoisotopic (exact) mass is 348 g/mol. The molecule has 0 aromatic heterocycles. The molecule has 2 aromatic rings. The van der Waals surface area contributed by atoms with Gasteiger partial charge in [-0.15, -0.1) is 0 Å².